The van der Waals surface area contributed by atoms with Crippen LogP contribution in [-0.2, 0) is 0 Å². The number of hydrogen-bond acceptors (Lipinski definition) is 1. The maximum Gasteiger partial charge on any atom is 0.268 e. The summed E-state index contributed by atoms with van der Waals surface area (Å²) >= 11 is 6.21. The number of aromatic nitrogens is 1. The molecule has 0 saturated carbocycles. The molecule has 0 spiro atoms. The standard InChI is InChI=1S/C14H15ClN2O/c1-7-6-16-14(18)13-8(2)10-4-5-11(15)9(3)12(10)17(7)13/h4-5,7H,6H2,1-3H3,(H,16,18)/t7-/m1/s1. The number of benzene rings is 1. The summed E-state index contributed by atoms with van der Waals surface area (Å²) in [5.41, 5.74) is 3.95. The van der Waals surface area contributed by atoms with Gasteiger partial charge in [0.15, 0.2) is 0 Å². The van der Waals surface area contributed by atoms with Gasteiger partial charge in [0.05, 0.1) is 5.52 Å². The van der Waals surface area contributed by atoms with E-state index in [1.54, 1.807) is 0 Å². The third-order valence-electron chi connectivity index (χ3n) is 3.82. The second kappa shape index (κ2) is 3.75. The normalized spacial score (nSPS) is 18.9. The Morgan fingerprint density at radius 1 is 1.33 bits per heavy atom. The van der Waals surface area contributed by atoms with Crippen LogP contribution < -0.4 is 5.32 Å². The molecule has 0 bridgehead atoms. The van der Waals surface area contributed by atoms with Gasteiger partial charge in [-0.15, -0.1) is 0 Å². The number of amides is 1. The second-order valence-electron chi connectivity index (χ2n) is 4.97. The molecule has 3 nitrogen and oxygen atoms in total. The van der Waals surface area contributed by atoms with Crippen molar-refractivity contribution in [1.82, 2.24) is 9.88 Å². The summed E-state index contributed by atoms with van der Waals surface area (Å²) in [4.78, 5) is 12.1. The van der Waals surface area contributed by atoms with E-state index in [2.05, 4.69) is 16.8 Å². The predicted octanol–water partition coefficient (Wildman–Crippen LogP) is 3.22. The number of rotatable bonds is 0. The number of halogens is 1. The first-order chi connectivity index (χ1) is 8.52. The molecule has 0 unspecified atom stereocenters. The lowest BCUT2D eigenvalue weighted by molar-refractivity contribution is 0.0918. The zero-order chi connectivity index (χ0) is 13.0. The fourth-order valence-electron chi connectivity index (χ4n) is 2.84. The highest BCUT2D eigenvalue weighted by molar-refractivity contribution is 6.32. The predicted molar refractivity (Wildman–Crippen MR) is 73.5 cm³/mol. The zero-order valence-electron chi connectivity index (χ0n) is 10.7. The van der Waals surface area contributed by atoms with Crippen LogP contribution in [0.15, 0.2) is 12.1 Å². The molecular weight excluding hydrogens is 248 g/mol. The molecule has 0 radical (unpaired) electrons. The van der Waals surface area contributed by atoms with Crippen LogP contribution in [0.1, 0.15) is 34.6 Å². The minimum Gasteiger partial charge on any atom is -0.349 e. The smallest absolute Gasteiger partial charge is 0.268 e. The van der Waals surface area contributed by atoms with Gasteiger partial charge < -0.3 is 9.88 Å². The number of nitrogens with zero attached hydrogens (tertiary/aromatic N) is 1. The summed E-state index contributed by atoms with van der Waals surface area (Å²) in [6.07, 6.45) is 0. The Morgan fingerprint density at radius 3 is 2.78 bits per heavy atom. The number of fused-ring (bicyclic) bond motifs is 3. The van der Waals surface area contributed by atoms with Crippen molar-refractivity contribution in [1.29, 1.82) is 0 Å². The van der Waals surface area contributed by atoms with Crippen molar-refractivity contribution in [3.8, 4) is 0 Å². The molecule has 18 heavy (non-hydrogen) atoms. The van der Waals surface area contributed by atoms with Crippen LogP contribution in [0.2, 0.25) is 5.02 Å². The van der Waals surface area contributed by atoms with Gasteiger partial charge in [-0.2, -0.15) is 0 Å². The molecule has 1 aromatic carbocycles. The van der Waals surface area contributed by atoms with E-state index in [0.29, 0.717) is 6.54 Å². The van der Waals surface area contributed by atoms with Gasteiger partial charge in [-0.05, 0) is 38.0 Å². The largest absolute Gasteiger partial charge is 0.349 e. The molecule has 2 heterocycles. The van der Waals surface area contributed by atoms with E-state index in [1.807, 2.05) is 26.0 Å². The van der Waals surface area contributed by atoms with Crippen molar-refractivity contribution in [3.05, 3.63) is 34.0 Å². The number of carbonyl (C=O) groups is 1. The van der Waals surface area contributed by atoms with Crippen LogP contribution in [-0.4, -0.2) is 17.0 Å². The molecule has 1 amide bonds. The molecule has 1 N–H and O–H groups in total. The topological polar surface area (TPSA) is 34.0 Å². The molecule has 0 fully saturated rings. The highest BCUT2D eigenvalue weighted by Crippen LogP contribution is 2.35. The lowest BCUT2D eigenvalue weighted by Crippen LogP contribution is -2.38. The van der Waals surface area contributed by atoms with E-state index in [0.717, 1.165) is 32.7 Å². The third-order valence-corrected chi connectivity index (χ3v) is 4.23. The monoisotopic (exact) mass is 262 g/mol. The summed E-state index contributed by atoms with van der Waals surface area (Å²) < 4.78 is 2.13. The Labute approximate surface area is 111 Å². The maximum absolute atomic E-state index is 12.1. The van der Waals surface area contributed by atoms with E-state index in [9.17, 15) is 4.79 Å². The van der Waals surface area contributed by atoms with Crippen molar-refractivity contribution in [2.24, 2.45) is 0 Å². The summed E-state index contributed by atoms with van der Waals surface area (Å²) in [5, 5.41) is 4.80. The Morgan fingerprint density at radius 2 is 2.06 bits per heavy atom. The average molecular weight is 263 g/mol. The van der Waals surface area contributed by atoms with Crippen LogP contribution in [0, 0.1) is 13.8 Å². The van der Waals surface area contributed by atoms with E-state index in [1.165, 1.54) is 0 Å². The first kappa shape index (κ1) is 11.6. The molecule has 1 atom stereocenters. The van der Waals surface area contributed by atoms with Gasteiger partial charge in [-0.1, -0.05) is 17.7 Å². The molecule has 0 saturated heterocycles. The number of carbonyl (C=O) groups excluding carboxylic acids is 1. The van der Waals surface area contributed by atoms with Crippen molar-refractivity contribution >= 4 is 28.4 Å². The number of nitrogens with one attached hydrogen (secondary N) is 1. The summed E-state index contributed by atoms with van der Waals surface area (Å²) in [6.45, 7) is 6.79. The Hall–Kier alpha value is -1.48. The van der Waals surface area contributed by atoms with Gasteiger partial charge >= 0.3 is 0 Å². The molecule has 1 aromatic heterocycles. The van der Waals surface area contributed by atoms with Crippen LogP contribution in [0.5, 0.6) is 0 Å². The van der Waals surface area contributed by atoms with E-state index in [4.69, 9.17) is 11.6 Å². The minimum absolute atomic E-state index is 0.0114. The van der Waals surface area contributed by atoms with Crippen LogP contribution in [0.25, 0.3) is 10.9 Å². The van der Waals surface area contributed by atoms with Crippen molar-refractivity contribution in [3.63, 3.8) is 0 Å². The van der Waals surface area contributed by atoms with Crippen LogP contribution in [0.4, 0.5) is 0 Å². The van der Waals surface area contributed by atoms with E-state index >= 15 is 0 Å². The van der Waals surface area contributed by atoms with E-state index < -0.39 is 0 Å². The Kier molecular flexibility index (Phi) is 2.42. The van der Waals surface area contributed by atoms with Crippen molar-refractivity contribution < 1.29 is 4.79 Å². The second-order valence-corrected chi connectivity index (χ2v) is 5.38. The van der Waals surface area contributed by atoms with Gasteiger partial charge in [0.25, 0.3) is 5.91 Å². The van der Waals surface area contributed by atoms with Crippen molar-refractivity contribution in [2.45, 2.75) is 26.8 Å². The van der Waals surface area contributed by atoms with Gasteiger partial charge in [0, 0.05) is 23.0 Å². The summed E-state index contributed by atoms with van der Waals surface area (Å²) in [6, 6.07) is 4.16. The van der Waals surface area contributed by atoms with Gasteiger partial charge in [-0.3, -0.25) is 4.79 Å². The Balaban J connectivity index is 2.51. The van der Waals surface area contributed by atoms with Gasteiger partial charge in [0.1, 0.15) is 5.69 Å². The highest BCUT2D eigenvalue weighted by Gasteiger charge is 2.28. The zero-order valence-corrected chi connectivity index (χ0v) is 11.4. The first-order valence-electron chi connectivity index (χ1n) is 6.10. The van der Waals surface area contributed by atoms with Crippen LogP contribution >= 0.6 is 11.6 Å². The lowest BCUT2D eigenvalue weighted by Gasteiger charge is -2.25. The molecule has 3 rings (SSSR count). The molecule has 4 heteroatoms. The minimum atomic E-state index is 0.0114. The maximum atomic E-state index is 12.1. The fourth-order valence-corrected chi connectivity index (χ4v) is 3.00. The third kappa shape index (κ3) is 1.34. The van der Waals surface area contributed by atoms with Crippen molar-refractivity contribution in [2.75, 3.05) is 6.54 Å². The molecule has 1 aliphatic heterocycles. The number of aryl methyl sites for hydroxylation is 2. The van der Waals surface area contributed by atoms with Gasteiger partial charge in [0.2, 0.25) is 0 Å². The molecular formula is C14H15ClN2O. The average Bonchev–Trinajstić information content (AvgIpc) is 2.64. The quantitative estimate of drug-likeness (QED) is 0.777. The SMILES string of the molecule is Cc1c2n(c3c(C)c(Cl)ccc13)[C@H](C)CNC2=O. The molecule has 2 aromatic rings. The molecule has 1 aliphatic rings. The summed E-state index contributed by atoms with van der Waals surface area (Å²) in [5.74, 6) is 0.0114. The summed E-state index contributed by atoms with van der Waals surface area (Å²) in [7, 11) is 0. The molecule has 0 aliphatic carbocycles. The highest BCUT2D eigenvalue weighted by atomic mass is 35.5. The van der Waals surface area contributed by atoms with E-state index in [-0.39, 0.29) is 11.9 Å². The lowest BCUT2D eigenvalue weighted by atomic mass is 10.1. The van der Waals surface area contributed by atoms with Gasteiger partial charge in [-0.25, -0.2) is 0 Å². The first-order valence-corrected chi connectivity index (χ1v) is 6.48. The Bertz CT molecular complexity index is 672. The molecule has 94 valence electrons. The fraction of sp³-hybridized carbons (Fsp3) is 0.357. The number of hydrogen-bond donors (Lipinski definition) is 1. The van der Waals surface area contributed by atoms with Crippen LogP contribution in [0.3, 0.4) is 0 Å².